The van der Waals surface area contributed by atoms with Gasteiger partial charge in [0, 0.05) is 13.0 Å². The van der Waals surface area contributed by atoms with Crippen LogP contribution in [-0.2, 0) is 25.6 Å². The number of phenols is 1. The van der Waals surface area contributed by atoms with E-state index < -0.39 is 47.9 Å². The number of aromatic hydroxyl groups is 1. The Morgan fingerprint density at radius 3 is 2.06 bits per heavy atom. The molecule has 0 saturated carbocycles. The van der Waals surface area contributed by atoms with Crippen molar-refractivity contribution in [1.82, 2.24) is 16.0 Å². The first-order valence-corrected chi connectivity index (χ1v) is 10.6. The third-order valence-electron chi connectivity index (χ3n) is 4.73. The largest absolute Gasteiger partial charge is 0.508 e. The van der Waals surface area contributed by atoms with Gasteiger partial charge in [-0.15, -0.1) is 0 Å². The van der Waals surface area contributed by atoms with E-state index in [9.17, 15) is 29.4 Å². The summed E-state index contributed by atoms with van der Waals surface area (Å²) in [4.78, 5) is 52.7. The molecule has 4 unspecified atom stereocenters. The summed E-state index contributed by atoms with van der Waals surface area (Å²) in [6.45, 7) is 3.07. The van der Waals surface area contributed by atoms with Gasteiger partial charge in [0.15, 0.2) is 5.96 Å². The molecule has 188 valence electrons. The average molecular weight is 480 g/mol. The number of amides is 3. The van der Waals surface area contributed by atoms with E-state index in [-0.39, 0.29) is 31.1 Å². The number of rotatable bonds is 13. The van der Waals surface area contributed by atoms with E-state index in [1.165, 1.54) is 26.0 Å². The first kappa shape index (κ1) is 28.2. The van der Waals surface area contributed by atoms with E-state index in [1.54, 1.807) is 12.1 Å². The number of carboxylic acid groups (broad SMARTS) is 1. The molecule has 1 aromatic rings. The molecular formula is C21H33N7O6. The van der Waals surface area contributed by atoms with E-state index in [0.29, 0.717) is 12.0 Å². The number of nitrogens with zero attached hydrogens (tertiary/aromatic N) is 1. The summed E-state index contributed by atoms with van der Waals surface area (Å²) in [7, 11) is 0. The van der Waals surface area contributed by atoms with Crippen LogP contribution in [0.5, 0.6) is 5.75 Å². The first-order valence-electron chi connectivity index (χ1n) is 10.6. The Kier molecular flexibility index (Phi) is 11.3. The number of benzene rings is 1. The third-order valence-corrected chi connectivity index (χ3v) is 4.73. The van der Waals surface area contributed by atoms with Crippen LogP contribution < -0.4 is 33.2 Å². The number of aliphatic imine (C=N–C) groups is 1. The number of carboxylic acids is 1. The highest BCUT2D eigenvalue weighted by Gasteiger charge is 2.28. The van der Waals surface area contributed by atoms with Gasteiger partial charge in [0.1, 0.15) is 23.9 Å². The van der Waals surface area contributed by atoms with Gasteiger partial charge < -0.3 is 43.4 Å². The second-order valence-corrected chi connectivity index (χ2v) is 7.80. The van der Waals surface area contributed by atoms with Crippen molar-refractivity contribution in [2.45, 2.75) is 57.3 Å². The molecule has 4 atom stereocenters. The molecule has 0 aliphatic carbocycles. The predicted molar refractivity (Wildman–Crippen MR) is 124 cm³/mol. The fraction of sp³-hybridized carbons (Fsp3) is 0.476. The molecule has 1 rings (SSSR count). The lowest BCUT2D eigenvalue weighted by molar-refractivity contribution is -0.142. The molecule has 0 aliphatic rings. The van der Waals surface area contributed by atoms with Crippen molar-refractivity contribution >= 4 is 29.7 Å². The Hall–Kier alpha value is -3.87. The Morgan fingerprint density at radius 1 is 0.941 bits per heavy atom. The van der Waals surface area contributed by atoms with Crippen molar-refractivity contribution in [2.75, 3.05) is 6.54 Å². The molecule has 0 spiro atoms. The highest BCUT2D eigenvalue weighted by molar-refractivity contribution is 5.94. The lowest BCUT2D eigenvalue weighted by Crippen LogP contribution is -2.56. The highest BCUT2D eigenvalue weighted by atomic mass is 16.4. The molecular weight excluding hydrogens is 446 g/mol. The van der Waals surface area contributed by atoms with Gasteiger partial charge in [0.2, 0.25) is 17.7 Å². The van der Waals surface area contributed by atoms with Gasteiger partial charge in [0.25, 0.3) is 0 Å². The SMILES string of the molecule is CC(N)C(=O)NC(C)C(=O)NC(Cc1ccc(O)cc1)C(=O)NC(CCCN=C(N)N)C(=O)O. The molecule has 0 bridgehead atoms. The number of guanidine groups is 1. The number of hydrogen-bond acceptors (Lipinski definition) is 7. The summed E-state index contributed by atoms with van der Waals surface area (Å²) in [5.41, 5.74) is 16.6. The van der Waals surface area contributed by atoms with Gasteiger partial charge >= 0.3 is 5.97 Å². The number of carbonyl (C=O) groups is 4. The summed E-state index contributed by atoms with van der Waals surface area (Å²) >= 11 is 0. The number of hydrogen-bond donors (Lipinski definition) is 8. The van der Waals surface area contributed by atoms with E-state index >= 15 is 0 Å². The fourth-order valence-electron chi connectivity index (χ4n) is 2.82. The number of phenolic OH excluding ortho intramolecular Hbond substituents is 1. The van der Waals surface area contributed by atoms with Crippen molar-refractivity contribution in [1.29, 1.82) is 0 Å². The summed E-state index contributed by atoms with van der Waals surface area (Å²) in [6.07, 6.45) is 0.356. The second kappa shape index (κ2) is 13.6. The lowest BCUT2D eigenvalue weighted by Gasteiger charge is -2.23. The molecule has 0 radical (unpaired) electrons. The molecule has 0 aromatic heterocycles. The van der Waals surface area contributed by atoms with Gasteiger partial charge in [-0.05, 0) is 44.4 Å². The fourth-order valence-corrected chi connectivity index (χ4v) is 2.82. The van der Waals surface area contributed by atoms with Crippen LogP contribution in [0.25, 0.3) is 0 Å². The second-order valence-electron chi connectivity index (χ2n) is 7.80. The minimum absolute atomic E-state index is 0.00610. The van der Waals surface area contributed by atoms with Crippen molar-refractivity contribution in [2.24, 2.45) is 22.2 Å². The van der Waals surface area contributed by atoms with Gasteiger partial charge in [-0.25, -0.2) is 4.79 Å². The minimum Gasteiger partial charge on any atom is -0.508 e. The number of nitrogens with two attached hydrogens (primary N) is 3. The van der Waals surface area contributed by atoms with Gasteiger partial charge in [0.05, 0.1) is 6.04 Å². The standard InChI is InChI=1S/C21H33N7O6/c1-11(22)17(30)26-12(2)18(31)28-16(10-13-5-7-14(29)8-6-13)19(32)27-15(20(33)34)4-3-9-25-21(23)24/h5-8,11-12,15-16,29H,3-4,9-10,22H2,1-2H3,(H,26,30)(H,27,32)(H,28,31)(H,33,34)(H4,23,24,25). The molecule has 13 heteroatoms. The van der Waals surface area contributed by atoms with Crippen molar-refractivity contribution < 1.29 is 29.4 Å². The first-order chi connectivity index (χ1) is 15.9. The smallest absolute Gasteiger partial charge is 0.326 e. The molecule has 3 amide bonds. The third kappa shape index (κ3) is 10.2. The minimum atomic E-state index is -1.26. The Labute approximate surface area is 197 Å². The quantitative estimate of drug-likeness (QED) is 0.0876. The zero-order valence-electron chi connectivity index (χ0n) is 19.2. The monoisotopic (exact) mass is 479 g/mol. The Balaban J connectivity index is 2.96. The van der Waals surface area contributed by atoms with Crippen LogP contribution in [0.3, 0.4) is 0 Å². The molecule has 0 heterocycles. The summed E-state index contributed by atoms with van der Waals surface area (Å²) in [6, 6.07) is 1.73. The number of nitrogens with one attached hydrogen (secondary N) is 3. The molecule has 0 fully saturated rings. The zero-order valence-corrected chi connectivity index (χ0v) is 19.2. The summed E-state index contributed by atoms with van der Waals surface area (Å²) in [5.74, 6) is -3.31. The average Bonchev–Trinajstić information content (AvgIpc) is 2.75. The van der Waals surface area contributed by atoms with Crippen molar-refractivity contribution in [3.05, 3.63) is 29.8 Å². The highest BCUT2D eigenvalue weighted by Crippen LogP contribution is 2.12. The predicted octanol–water partition coefficient (Wildman–Crippen LogP) is -2.11. The van der Waals surface area contributed by atoms with Crippen LogP contribution >= 0.6 is 0 Å². The van der Waals surface area contributed by atoms with Crippen LogP contribution in [0.15, 0.2) is 29.3 Å². The maximum Gasteiger partial charge on any atom is 0.326 e. The molecule has 34 heavy (non-hydrogen) atoms. The number of carbonyl (C=O) groups excluding carboxylic acids is 3. The van der Waals surface area contributed by atoms with Crippen LogP contribution in [0.4, 0.5) is 0 Å². The van der Waals surface area contributed by atoms with Crippen molar-refractivity contribution in [3.63, 3.8) is 0 Å². The van der Waals surface area contributed by atoms with E-state index in [1.807, 2.05) is 0 Å². The van der Waals surface area contributed by atoms with Gasteiger partial charge in [-0.1, -0.05) is 12.1 Å². The molecule has 0 saturated heterocycles. The van der Waals surface area contributed by atoms with E-state index in [0.717, 1.165) is 0 Å². The lowest BCUT2D eigenvalue weighted by atomic mass is 10.0. The van der Waals surface area contributed by atoms with Crippen LogP contribution in [0, 0.1) is 0 Å². The van der Waals surface area contributed by atoms with Crippen LogP contribution in [0.2, 0.25) is 0 Å². The number of aliphatic carboxylic acids is 1. The summed E-state index contributed by atoms with van der Waals surface area (Å²) < 4.78 is 0. The zero-order chi connectivity index (χ0) is 25.8. The topological polar surface area (TPSA) is 235 Å². The van der Waals surface area contributed by atoms with Crippen molar-refractivity contribution in [3.8, 4) is 5.75 Å². The maximum absolute atomic E-state index is 12.9. The molecule has 13 nitrogen and oxygen atoms in total. The Bertz CT molecular complexity index is 884. The van der Waals surface area contributed by atoms with E-state index in [4.69, 9.17) is 17.2 Å². The van der Waals surface area contributed by atoms with Crippen LogP contribution in [-0.4, -0.2) is 70.6 Å². The maximum atomic E-state index is 12.9. The van der Waals surface area contributed by atoms with Crippen LogP contribution in [0.1, 0.15) is 32.3 Å². The molecule has 0 aliphatic heterocycles. The summed E-state index contributed by atoms with van der Waals surface area (Å²) in [5, 5.41) is 26.3. The van der Waals surface area contributed by atoms with E-state index in [2.05, 4.69) is 20.9 Å². The normalized spacial score (nSPS) is 14.1. The Morgan fingerprint density at radius 2 is 1.53 bits per heavy atom. The molecule has 11 N–H and O–H groups in total. The van der Waals surface area contributed by atoms with Gasteiger partial charge in [-0.3, -0.25) is 19.4 Å². The molecule has 1 aromatic carbocycles. The van der Waals surface area contributed by atoms with Gasteiger partial charge in [-0.2, -0.15) is 0 Å².